The monoisotopic (exact) mass is 312 g/mol. The quantitative estimate of drug-likeness (QED) is 0.732. The third-order valence-corrected chi connectivity index (χ3v) is 5.31. The molecule has 2 heterocycles. The summed E-state index contributed by atoms with van der Waals surface area (Å²) in [4.78, 5) is 27.3. The van der Waals surface area contributed by atoms with E-state index >= 15 is 0 Å². The van der Waals surface area contributed by atoms with Crippen LogP contribution in [0.2, 0.25) is 0 Å². The van der Waals surface area contributed by atoms with E-state index in [1.807, 2.05) is 0 Å². The Morgan fingerprint density at radius 1 is 1.38 bits per heavy atom. The zero-order valence-corrected chi connectivity index (χ0v) is 12.7. The Bertz CT molecular complexity index is 699. The Hall–Kier alpha value is -2.00. The SMILES string of the molecule is CNc1cc(S(=O)(=O)N2CC(=O)NC(=O)C2(C)C)ccn1. The number of pyridine rings is 1. The molecule has 8 nitrogen and oxygen atoms in total. The minimum Gasteiger partial charge on any atom is -0.373 e. The number of carbonyl (C=O) groups excluding carboxylic acids is 2. The molecule has 0 spiro atoms. The van der Waals surface area contributed by atoms with Crippen LogP contribution in [0, 0.1) is 0 Å². The number of piperazine rings is 1. The zero-order valence-electron chi connectivity index (χ0n) is 11.9. The highest BCUT2D eigenvalue weighted by atomic mass is 32.2. The number of carbonyl (C=O) groups is 2. The van der Waals surface area contributed by atoms with Crippen molar-refractivity contribution in [3.8, 4) is 0 Å². The van der Waals surface area contributed by atoms with Crippen molar-refractivity contribution in [2.24, 2.45) is 0 Å². The highest BCUT2D eigenvalue weighted by Crippen LogP contribution is 2.27. The molecule has 21 heavy (non-hydrogen) atoms. The maximum absolute atomic E-state index is 12.7. The molecule has 1 aliphatic heterocycles. The van der Waals surface area contributed by atoms with Crippen molar-refractivity contribution >= 4 is 27.7 Å². The first-order valence-corrected chi connectivity index (χ1v) is 7.64. The van der Waals surface area contributed by atoms with Gasteiger partial charge in [0.2, 0.25) is 21.8 Å². The summed E-state index contributed by atoms with van der Waals surface area (Å²) in [6.07, 6.45) is 1.34. The molecule has 2 amide bonds. The van der Waals surface area contributed by atoms with Crippen LogP contribution in [0.3, 0.4) is 0 Å². The molecular formula is C12H16N4O4S. The van der Waals surface area contributed by atoms with Crippen molar-refractivity contribution in [3.05, 3.63) is 18.3 Å². The summed E-state index contributed by atoms with van der Waals surface area (Å²) < 4.78 is 26.3. The molecule has 9 heteroatoms. The number of imide groups is 1. The van der Waals surface area contributed by atoms with Gasteiger partial charge in [0.25, 0.3) is 0 Å². The molecule has 0 saturated carbocycles. The van der Waals surface area contributed by atoms with Crippen LogP contribution in [0.25, 0.3) is 0 Å². The number of nitrogens with zero attached hydrogens (tertiary/aromatic N) is 2. The van der Waals surface area contributed by atoms with Crippen molar-refractivity contribution in [2.75, 3.05) is 18.9 Å². The van der Waals surface area contributed by atoms with Gasteiger partial charge in [0.1, 0.15) is 11.4 Å². The first kappa shape index (κ1) is 15.4. The highest BCUT2D eigenvalue weighted by Gasteiger charge is 2.47. The molecule has 0 atom stereocenters. The maximum Gasteiger partial charge on any atom is 0.247 e. The van der Waals surface area contributed by atoms with Crippen LogP contribution in [-0.4, -0.2) is 48.7 Å². The summed E-state index contributed by atoms with van der Waals surface area (Å²) in [6.45, 7) is 2.50. The molecule has 0 bridgehead atoms. The smallest absolute Gasteiger partial charge is 0.247 e. The molecule has 1 aliphatic rings. The van der Waals surface area contributed by atoms with Crippen molar-refractivity contribution in [3.63, 3.8) is 0 Å². The molecule has 0 aliphatic carbocycles. The number of sulfonamides is 1. The van der Waals surface area contributed by atoms with Crippen molar-refractivity contribution in [2.45, 2.75) is 24.3 Å². The molecule has 0 radical (unpaired) electrons. The van der Waals surface area contributed by atoms with Crippen LogP contribution in [0.15, 0.2) is 23.2 Å². The van der Waals surface area contributed by atoms with Gasteiger partial charge >= 0.3 is 0 Å². The largest absolute Gasteiger partial charge is 0.373 e. The lowest BCUT2D eigenvalue weighted by Gasteiger charge is -2.38. The fraction of sp³-hybridized carbons (Fsp3) is 0.417. The van der Waals surface area contributed by atoms with E-state index in [0.29, 0.717) is 5.82 Å². The van der Waals surface area contributed by atoms with E-state index in [0.717, 1.165) is 4.31 Å². The molecule has 1 saturated heterocycles. The fourth-order valence-corrected chi connectivity index (χ4v) is 3.70. The van der Waals surface area contributed by atoms with E-state index in [1.165, 1.54) is 32.2 Å². The number of rotatable bonds is 3. The predicted molar refractivity (Wildman–Crippen MR) is 74.9 cm³/mol. The molecule has 0 unspecified atom stereocenters. The van der Waals surface area contributed by atoms with Crippen LogP contribution >= 0.6 is 0 Å². The van der Waals surface area contributed by atoms with Gasteiger partial charge in [-0.2, -0.15) is 4.31 Å². The number of hydrogen-bond donors (Lipinski definition) is 2. The fourth-order valence-electron chi connectivity index (χ4n) is 1.98. The molecule has 114 valence electrons. The summed E-state index contributed by atoms with van der Waals surface area (Å²) in [6, 6.07) is 2.67. The Balaban J connectivity index is 2.51. The summed E-state index contributed by atoms with van der Waals surface area (Å²) in [5.74, 6) is -0.919. The highest BCUT2D eigenvalue weighted by molar-refractivity contribution is 7.89. The van der Waals surface area contributed by atoms with Gasteiger partial charge < -0.3 is 5.32 Å². The number of hydrogen-bond acceptors (Lipinski definition) is 6. The average molecular weight is 312 g/mol. The zero-order chi connectivity index (χ0) is 15.8. The summed E-state index contributed by atoms with van der Waals surface area (Å²) in [5, 5.41) is 4.88. The summed E-state index contributed by atoms with van der Waals surface area (Å²) in [7, 11) is -2.38. The van der Waals surface area contributed by atoms with Gasteiger partial charge in [0, 0.05) is 19.3 Å². The van der Waals surface area contributed by atoms with E-state index in [1.54, 1.807) is 7.05 Å². The van der Waals surface area contributed by atoms with Gasteiger partial charge in [-0.3, -0.25) is 14.9 Å². The number of nitrogens with one attached hydrogen (secondary N) is 2. The molecule has 2 rings (SSSR count). The van der Waals surface area contributed by atoms with Gasteiger partial charge in [-0.1, -0.05) is 0 Å². The van der Waals surface area contributed by atoms with Gasteiger partial charge in [-0.15, -0.1) is 0 Å². The lowest BCUT2D eigenvalue weighted by atomic mass is 10.0. The van der Waals surface area contributed by atoms with Gasteiger partial charge in [0.15, 0.2) is 0 Å². The number of anilines is 1. The maximum atomic E-state index is 12.7. The normalized spacial score (nSPS) is 19.2. The van der Waals surface area contributed by atoms with Crippen LogP contribution in [0.4, 0.5) is 5.82 Å². The minimum absolute atomic E-state index is 0.0302. The van der Waals surface area contributed by atoms with E-state index < -0.39 is 33.9 Å². The topological polar surface area (TPSA) is 108 Å². The molecular weight excluding hydrogens is 296 g/mol. The Labute approximate surface area is 122 Å². The standard InChI is InChI=1S/C12H16N4O4S/c1-12(2)11(18)15-10(17)7-16(12)21(19,20)8-4-5-14-9(6-8)13-3/h4-6H,7H2,1-3H3,(H,13,14)(H,15,17,18). The first-order valence-electron chi connectivity index (χ1n) is 6.20. The predicted octanol–water partition coefficient (Wildman–Crippen LogP) is -0.451. The lowest BCUT2D eigenvalue weighted by Crippen LogP contribution is -2.65. The Morgan fingerprint density at radius 2 is 2.05 bits per heavy atom. The average Bonchev–Trinajstić information content (AvgIpc) is 2.43. The lowest BCUT2D eigenvalue weighted by molar-refractivity contribution is -0.141. The van der Waals surface area contributed by atoms with Gasteiger partial charge in [-0.25, -0.2) is 13.4 Å². The van der Waals surface area contributed by atoms with E-state index in [4.69, 9.17) is 0 Å². The Morgan fingerprint density at radius 3 is 2.67 bits per heavy atom. The van der Waals surface area contributed by atoms with Crippen LogP contribution < -0.4 is 10.6 Å². The van der Waals surface area contributed by atoms with Crippen molar-refractivity contribution in [1.82, 2.24) is 14.6 Å². The van der Waals surface area contributed by atoms with Crippen LogP contribution in [-0.2, 0) is 19.6 Å². The van der Waals surface area contributed by atoms with Gasteiger partial charge in [-0.05, 0) is 19.9 Å². The number of aromatic nitrogens is 1. The van der Waals surface area contributed by atoms with Crippen LogP contribution in [0.5, 0.6) is 0 Å². The number of amides is 2. The molecule has 1 aromatic heterocycles. The molecule has 2 N–H and O–H groups in total. The molecule has 1 fully saturated rings. The second kappa shape index (κ2) is 5.08. The first-order chi connectivity index (χ1) is 9.69. The van der Waals surface area contributed by atoms with Gasteiger partial charge in [0.05, 0.1) is 11.4 Å². The second-order valence-electron chi connectivity index (χ2n) is 5.07. The van der Waals surface area contributed by atoms with Crippen molar-refractivity contribution in [1.29, 1.82) is 0 Å². The second-order valence-corrected chi connectivity index (χ2v) is 6.94. The summed E-state index contributed by atoms with van der Waals surface area (Å²) >= 11 is 0. The summed E-state index contributed by atoms with van der Waals surface area (Å²) in [5.41, 5.74) is -1.35. The van der Waals surface area contributed by atoms with Crippen LogP contribution in [0.1, 0.15) is 13.8 Å². The third kappa shape index (κ3) is 2.61. The van der Waals surface area contributed by atoms with E-state index in [2.05, 4.69) is 15.6 Å². The minimum atomic E-state index is -4.00. The van der Waals surface area contributed by atoms with E-state index in [-0.39, 0.29) is 4.90 Å². The molecule has 1 aromatic rings. The van der Waals surface area contributed by atoms with E-state index in [9.17, 15) is 18.0 Å². The molecule has 0 aromatic carbocycles. The Kier molecular flexibility index (Phi) is 3.72. The third-order valence-electron chi connectivity index (χ3n) is 3.29. The van der Waals surface area contributed by atoms with Crippen molar-refractivity contribution < 1.29 is 18.0 Å².